The molecule has 2 aromatic heterocycles. The van der Waals surface area contributed by atoms with Gasteiger partial charge in [0, 0.05) is 47.4 Å². The molecule has 302 valence electrons. The van der Waals surface area contributed by atoms with Gasteiger partial charge in [0.2, 0.25) is 17.8 Å². The molecule has 1 atom stereocenters. The molecule has 4 amide bonds. The van der Waals surface area contributed by atoms with Crippen LogP contribution in [0.2, 0.25) is 0 Å². The Morgan fingerprint density at radius 2 is 1.69 bits per heavy atom. The third-order valence-corrected chi connectivity index (χ3v) is 10.4. The van der Waals surface area contributed by atoms with Gasteiger partial charge in [-0.1, -0.05) is 6.07 Å². The van der Waals surface area contributed by atoms with Crippen LogP contribution in [0.1, 0.15) is 59.3 Å². The molecule has 0 aliphatic carbocycles. The first-order valence-electron chi connectivity index (χ1n) is 18.7. The van der Waals surface area contributed by atoms with Gasteiger partial charge in [-0.25, -0.2) is 23.7 Å². The number of hydrogen-bond donors (Lipinski definition) is 4. The van der Waals surface area contributed by atoms with Crippen molar-refractivity contribution >= 4 is 63.9 Å². The number of halogens is 2. The molecule has 3 aromatic carbocycles. The van der Waals surface area contributed by atoms with Crippen LogP contribution in [-0.2, 0) is 19.1 Å². The number of rotatable bonds is 17. The standard InChI is InChI=1S/C40H41F2N9O6S/c1-22(2)50-23(3)46-36-28(41)19-24(20-32(36)50)35-29(42)21-44-40(49-35)47-25-7-9-26(10-8-25)58-45-14-16-57-18-17-56-15-13-43-30-6-4-5-27-34(30)39(55)51(38(27)54)31-11-12-33(52)48-37(31)53/h4-10,19-22,31,43,45H,11-18H2,1-3H3,(H,44,47,49)(H,48,52,53). The zero-order chi connectivity index (χ0) is 40.9. The lowest BCUT2D eigenvalue weighted by atomic mass is 10.0. The summed E-state index contributed by atoms with van der Waals surface area (Å²) in [5, 5.41) is 8.42. The van der Waals surface area contributed by atoms with Gasteiger partial charge in [-0.05, 0) is 87.7 Å². The summed E-state index contributed by atoms with van der Waals surface area (Å²) in [7, 11) is 0. The zero-order valence-corrected chi connectivity index (χ0v) is 32.8. The van der Waals surface area contributed by atoms with Gasteiger partial charge in [0.25, 0.3) is 11.8 Å². The molecule has 4 heterocycles. The highest BCUT2D eigenvalue weighted by molar-refractivity contribution is 7.97. The molecule has 0 bridgehead atoms. The molecule has 4 N–H and O–H groups in total. The van der Waals surface area contributed by atoms with Crippen molar-refractivity contribution in [2.45, 2.75) is 50.6 Å². The second kappa shape index (κ2) is 17.8. The number of hydrogen-bond acceptors (Lipinski definition) is 13. The topological polar surface area (TPSA) is 182 Å². The second-order valence-corrected chi connectivity index (χ2v) is 14.8. The number of imidazole rings is 1. The molecule has 2 aliphatic heterocycles. The molecule has 0 saturated carbocycles. The van der Waals surface area contributed by atoms with E-state index in [4.69, 9.17) is 9.47 Å². The second-order valence-electron chi connectivity index (χ2n) is 13.8. The Labute approximate surface area is 336 Å². The van der Waals surface area contributed by atoms with Crippen LogP contribution >= 0.6 is 11.9 Å². The fraction of sp³-hybridized carbons (Fsp3) is 0.325. The van der Waals surface area contributed by atoms with Crippen LogP contribution in [-0.4, -0.2) is 93.6 Å². The predicted octanol–water partition coefficient (Wildman–Crippen LogP) is 5.55. The van der Waals surface area contributed by atoms with Gasteiger partial charge in [0.15, 0.2) is 11.6 Å². The monoisotopic (exact) mass is 813 g/mol. The molecule has 5 aromatic rings. The van der Waals surface area contributed by atoms with E-state index in [0.29, 0.717) is 62.2 Å². The van der Waals surface area contributed by atoms with Gasteiger partial charge in [0.05, 0.1) is 49.3 Å². The lowest BCUT2D eigenvalue weighted by Gasteiger charge is -2.27. The predicted molar refractivity (Wildman–Crippen MR) is 213 cm³/mol. The van der Waals surface area contributed by atoms with E-state index in [1.54, 1.807) is 24.3 Å². The normalized spacial score (nSPS) is 15.4. The average Bonchev–Trinajstić information content (AvgIpc) is 3.67. The molecular weight excluding hydrogens is 773 g/mol. The summed E-state index contributed by atoms with van der Waals surface area (Å²) in [6.45, 7) is 8.20. The minimum absolute atomic E-state index is 0.0262. The van der Waals surface area contributed by atoms with Crippen LogP contribution in [0.3, 0.4) is 0 Å². The number of carbonyl (C=O) groups excluding carboxylic acids is 4. The molecule has 58 heavy (non-hydrogen) atoms. The van der Waals surface area contributed by atoms with Crippen molar-refractivity contribution in [2.24, 2.45) is 0 Å². The minimum atomic E-state index is -1.03. The van der Waals surface area contributed by atoms with Crippen molar-refractivity contribution in [3.63, 3.8) is 0 Å². The largest absolute Gasteiger partial charge is 0.382 e. The van der Waals surface area contributed by atoms with E-state index in [-0.39, 0.29) is 52.7 Å². The van der Waals surface area contributed by atoms with E-state index in [1.165, 1.54) is 18.0 Å². The third-order valence-electron chi connectivity index (χ3n) is 9.51. The van der Waals surface area contributed by atoms with Gasteiger partial charge >= 0.3 is 0 Å². The van der Waals surface area contributed by atoms with Crippen molar-refractivity contribution in [1.29, 1.82) is 0 Å². The summed E-state index contributed by atoms with van der Waals surface area (Å²) in [4.78, 5) is 64.8. The van der Waals surface area contributed by atoms with E-state index < -0.39 is 41.3 Å². The fourth-order valence-electron chi connectivity index (χ4n) is 6.91. The number of nitrogens with zero attached hydrogens (tertiary/aromatic N) is 5. The number of imide groups is 2. The molecule has 7 rings (SSSR count). The number of piperidine rings is 1. The molecule has 15 nitrogen and oxygen atoms in total. The number of fused-ring (bicyclic) bond motifs is 2. The minimum Gasteiger partial charge on any atom is -0.382 e. The van der Waals surface area contributed by atoms with Crippen LogP contribution in [0.4, 0.5) is 26.1 Å². The van der Waals surface area contributed by atoms with Crippen LogP contribution in [0, 0.1) is 18.6 Å². The van der Waals surface area contributed by atoms with Crippen molar-refractivity contribution < 1.29 is 37.4 Å². The van der Waals surface area contributed by atoms with Gasteiger partial charge in [-0.3, -0.25) is 34.1 Å². The molecule has 1 saturated heterocycles. The molecule has 0 spiro atoms. The lowest BCUT2D eigenvalue weighted by molar-refractivity contribution is -0.136. The van der Waals surface area contributed by atoms with Crippen LogP contribution in [0.25, 0.3) is 22.3 Å². The number of anilines is 3. The van der Waals surface area contributed by atoms with Crippen LogP contribution in [0.15, 0.2) is 65.7 Å². The molecule has 18 heteroatoms. The molecule has 0 radical (unpaired) electrons. The molecule has 2 aliphatic rings. The summed E-state index contributed by atoms with van der Waals surface area (Å²) in [5.74, 6) is -2.61. The Hall–Kier alpha value is -5.82. The third kappa shape index (κ3) is 8.69. The Morgan fingerprint density at radius 3 is 2.43 bits per heavy atom. The number of aromatic nitrogens is 4. The highest BCUT2D eigenvalue weighted by atomic mass is 32.2. The van der Waals surface area contributed by atoms with E-state index in [2.05, 4.69) is 35.6 Å². The van der Waals surface area contributed by atoms with Gasteiger partial charge in [0.1, 0.15) is 23.1 Å². The van der Waals surface area contributed by atoms with Gasteiger partial charge in [-0.2, -0.15) is 0 Å². The Kier molecular flexibility index (Phi) is 12.4. The maximum absolute atomic E-state index is 15.1. The van der Waals surface area contributed by atoms with Gasteiger partial charge in [-0.15, -0.1) is 0 Å². The Morgan fingerprint density at radius 1 is 0.931 bits per heavy atom. The molecule has 1 unspecified atom stereocenters. The first-order chi connectivity index (χ1) is 28.0. The van der Waals surface area contributed by atoms with Crippen LogP contribution < -0.4 is 20.7 Å². The summed E-state index contributed by atoms with van der Waals surface area (Å²) in [5.41, 5.74) is 2.61. The van der Waals surface area contributed by atoms with Gasteiger partial charge < -0.3 is 24.7 Å². The quantitative estimate of drug-likeness (QED) is 0.0522. The summed E-state index contributed by atoms with van der Waals surface area (Å²) >= 11 is 1.43. The first kappa shape index (κ1) is 40.4. The fourth-order valence-corrected chi connectivity index (χ4v) is 7.54. The zero-order valence-electron chi connectivity index (χ0n) is 31.9. The lowest BCUT2D eigenvalue weighted by Crippen LogP contribution is -2.54. The highest BCUT2D eigenvalue weighted by Crippen LogP contribution is 2.33. The number of carbonyl (C=O) groups is 4. The van der Waals surface area contributed by atoms with E-state index in [9.17, 15) is 23.6 Å². The highest BCUT2D eigenvalue weighted by Gasteiger charge is 2.45. The maximum Gasteiger partial charge on any atom is 0.264 e. The summed E-state index contributed by atoms with van der Waals surface area (Å²) in [6.07, 6.45) is 1.21. The number of benzene rings is 3. The SMILES string of the molecule is Cc1nc2c(F)cc(-c3nc(Nc4ccc(SNCCOCCOCCNc5cccc6c5C(=O)N(C5CCC(=O)NC5=O)C6=O)cc4)ncc3F)cc2n1C(C)C. The number of nitrogens with one attached hydrogen (secondary N) is 4. The van der Waals surface area contributed by atoms with E-state index >= 15 is 4.39 Å². The first-order valence-corrected chi connectivity index (χ1v) is 19.5. The smallest absolute Gasteiger partial charge is 0.264 e. The molecular formula is C40H41F2N9O6S. The van der Waals surface area contributed by atoms with Crippen molar-refractivity contribution in [2.75, 3.05) is 50.2 Å². The maximum atomic E-state index is 15.1. The average molecular weight is 814 g/mol. The summed E-state index contributed by atoms with van der Waals surface area (Å²) < 4.78 is 46.4. The van der Waals surface area contributed by atoms with E-state index in [0.717, 1.165) is 16.0 Å². The summed E-state index contributed by atoms with van der Waals surface area (Å²) in [6, 6.07) is 14.3. The van der Waals surface area contributed by atoms with E-state index in [1.807, 2.05) is 49.6 Å². The number of ether oxygens (including phenoxy) is 2. The Bertz CT molecular complexity index is 2380. The van der Waals surface area contributed by atoms with Crippen molar-refractivity contribution in [1.82, 2.24) is 34.5 Å². The molecule has 1 fully saturated rings. The van der Waals surface area contributed by atoms with Crippen molar-refractivity contribution in [3.05, 3.63) is 89.4 Å². The number of amides is 4. The van der Waals surface area contributed by atoms with Crippen molar-refractivity contribution in [3.8, 4) is 11.3 Å². The van der Waals surface area contributed by atoms with Crippen LogP contribution in [0.5, 0.6) is 0 Å². The number of aryl methyl sites for hydroxylation is 1. The Balaban J connectivity index is 0.799.